The second-order valence-electron chi connectivity index (χ2n) is 13.1. The van der Waals surface area contributed by atoms with Crippen molar-refractivity contribution in [1.29, 1.82) is 0 Å². The molecule has 0 fully saturated rings. The standard InChI is InChI=1S/C38H44O5Si/c1-26-24-27(2)42-36-31(26)20-21-32-34(36)33(28-16-11-10-12-17-28)37(43-32)35(39)29-18-15-19-30(25-29)40-22-13-8-9-14-23-41-44(6,7)38(3,4)5/h10-12,15-21,24-25H,2,8-9,13-14,22-23H2,1,3-7H3. The molecule has 5 rings (SSSR count). The Bertz CT molecular complexity index is 1690. The Morgan fingerprint density at radius 1 is 0.909 bits per heavy atom. The predicted molar refractivity (Wildman–Crippen MR) is 182 cm³/mol. The van der Waals surface area contributed by atoms with Gasteiger partial charge in [-0.05, 0) is 85.8 Å². The zero-order chi connectivity index (χ0) is 31.5. The van der Waals surface area contributed by atoms with Gasteiger partial charge in [0.05, 0.1) is 12.0 Å². The summed E-state index contributed by atoms with van der Waals surface area (Å²) in [6.07, 6.45) is 6.12. The van der Waals surface area contributed by atoms with Crippen LogP contribution in [0.15, 0.2) is 89.6 Å². The number of hydrogen-bond donors (Lipinski definition) is 0. The summed E-state index contributed by atoms with van der Waals surface area (Å²) in [7, 11) is -1.68. The van der Waals surface area contributed by atoms with Crippen molar-refractivity contribution in [1.82, 2.24) is 0 Å². The van der Waals surface area contributed by atoms with E-state index in [0.29, 0.717) is 40.6 Å². The predicted octanol–water partition coefficient (Wildman–Crippen LogP) is 10.6. The fraction of sp³-hybridized carbons (Fsp3) is 0.342. The van der Waals surface area contributed by atoms with Gasteiger partial charge in [-0.25, -0.2) is 0 Å². The highest BCUT2D eigenvalue weighted by molar-refractivity contribution is 6.74. The van der Waals surface area contributed by atoms with Crippen LogP contribution in [0, 0.1) is 0 Å². The third-order valence-corrected chi connectivity index (χ3v) is 13.3. The molecule has 0 saturated carbocycles. The molecule has 0 atom stereocenters. The topological polar surface area (TPSA) is 57.9 Å². The lowest BCUT2D eigenvalue weighted by molar-refractivity contribution is 0.101. The number of ether oxygens (including phenoxy) is 2. The maximum Gasteiger partial charge on any atom is 0.229 e. The molecular formula is C38H44O5Si. The van der Waals surface area contributed by atoms with Crippen molar-refractivity contribution in [3.05, 3.63) is 102 Å². The summed E-state index contributed by atoms with van der Waals surface area (Å²) < 4.78 is 24.8. The van der Waals surface area contributed by atoms with E-state index in [-0.39, 0.29) is 16.6 Å². The van der Waals surface area contributed by atoms with Gasteiger partial charge in [0, 0.05) is 23.3 Å². The van der Waals surface area contributed by atoms with Crippen molar-refractivity contribution in [2.24, 2.45) is 0 Å². The highest BCUT2D eigenvalue weighted by atomic mass is 28.4. The molecule has 0 spiro atoms. The summed E-state index contributed by atoms with van der Waals surface area (Å²) in [4.78, 5) is 14.0. The van der Waals surface area contributed by atoms with E-state index in [1.807, 2.05) is 67.6 Å². The van der Waals surface area contributed by atoms with Gasteiger partial charge in [-0.3, -0.25) is 4.79 Å². The van der Waals surface area contributed by atoms with Gasteiger partial charge in [0.25, 0.3) is 0 Å². The molecule has 6 heteroatoms. The average molecular weight is 609 g/mol. The summed E-state index contributed by atoms with van der Waals surface area (Å²) >= 11 is 0. The number of allylic oxidation sites excluding steroid dienone is 2. The average Bonchev–Trinajstić information content (AvgIpc) is 3.38. The molecule has 0 N–H and O–H groups in total. The van der Waals surface area contributed by atoms with Crippen LogP contribution in [0.5, 0.6) is 11.5 Å². The maximum atomic E-state index is 14.0. The lowest BCUT2D eigenvalue weighted by atomic mass is 9.94. The highest BCUT2D eigenvalue weighted by Gasteiger charge is 2.36. The van der Waals surface area contributed by atoms with Crippen LogP contribution in [0.4, 0.5) is 0 Å². The molecule has 4 aromatic rings. The number of ketones is 1. The Morgan fingerprint density at radius 3 is 2.36 bits per heavy atom. The van der Waals surface area contributed by atoms with Gasteiger partial charge in [-0.1, -0.05) is 76.2 Å². The van der Waals surface area contributed by atoms with Gasteiger partial charge in [0.2, 0.25) is 5.78 Å². The molecule has 0 radical (unpaired) electrons. The van der Waals surface area contributed by atoms with Gasteiger partial charge >= 0.3 is 0 Å². The summed E-state index contributed by atoms with van der Waals surface area (Å²) in [6.45, 7) is 18.9. The van der Waals surface area contributed by atoms with Crippen LogP contribution < -0.4 is 9.47 Å². The summed E-state index contributed by atoms with van der Waals surface area (Å²) in [5.74, 6) is 1.96. The monoisotopic (exact) mass is 608 g/mol. The van der Waals surface area contributed by atoms with E-state index >= 15 is 0 Å². The third-order valence-electron chi connectivity index (χ3n) is 8.79. The SMILES string of the molecule is C=C1C=C(C)c2ccc3oc(C(=O)c4cccc(OCCCCCCO[Si](C)(C)C(C)(C)C)c4)c(-c4ccccc4)c3c2O1. The van der Waals surface area contributed by atoms with E-state index in [1.165, 1.54) is 0 Å². The molecule has 1 aliphatic rings. The molecule has 44 heavy (non-hydrogen) atoms. The van der Waals surface area contributed by atoms with E-state index in [9.17, 15) is 4.79 Å². The fourth-order valence-corrected chi connectivity index (χ4v) is 6.33. The lowest BCUT2D eigenvalue weighted by Gasteiger charge is -2.36. The van der Waals surface area contributed by atoms with Crippen molar-refractivity contribution in [2.45, 2.75) is 71.5 Å². The molecule has 3 aromatic carbocycles. The van der Waals surface area contributed by atoms with E-state index in [0.717, 1.165) is 54.4 Å². The van der Waals surface area contributed by atoms with Crippen molar-refractivity contribution < 1.29 is 23.1 Å². The summed E-state index contributed by atoms with van der Waals surface area (Å²) in [5.41, 5.74) is 4.71. The van der Waals surface area contributed by atoms with E-state index in [2.05, 4.69) is 40.4 Å². The smallest absolute Gasteiger partial charge is 0.229 e. The van der Waals surface area contributed by atoms with Crippen molar-refractivity contribution in [3.8, 4) is 22.6 Å². The van der Waals surface area contributed by atoms with Gasteiger partial charge in [0.1, 0.15) is 22.8 Å². The van der Waals surface area contributed by atoms with Crippen LogP contribution in [0.25, 0.3) is 27.7 Å². The fourth-order valence-electron chi connectivity index (χ4n) is 5.25. The molecule has 0 bridgehead atoms. The molecule has 0 unspecified atom stereocenters. The Kier molecular flexibility index (Phi) is 9.33. The molecule has 230 valence electrons. The number of unbranched alkanes of at least 4 members (excludes halogenated alkanes) is 3. The van der Waals surface area contributed by atoms with E-state index in [4.69, 9.17) is 18.3 Å². The third kappa shape index (κ3) is 6.77. The minimum absolute atomic E-state index is 0.206. The molecule has 0 saturated heterocycles. The number of carbonyl (C=O) groups is 1. The van der Waals surface area contributed by atoms with Crippen LogP contribution in [0.2, 0.25) is 18.1 Å². The quantitative estimate of drug-likeness (QED) is 0.0910. The first-order valence-electron chi connectivity index (χ1n) is 15.6. The number of hydrogen-bond acceptors (Lipinski definition) is 5. The zero-order valence-electron chi connectivity index (χ0n) is 26.9. The van der Waals surface area contributed by atoms with Gasteiger partial charge in [-0.2, -0.15) is 0 Å². The summed E-state index contributed by atoms with van der Waals surface area (Å²) in [5, 5.41) is 1.01. The molecule has 0 aliphatic carbocycles. The van der Waals surface area contributed by atoms with Gasteiger partial charge < -0.3 is 18.3 Å². The number of benzene rings is 3. The molecule has 1 aliphatic heterocycles. The minimum atomic E-state index is -1.68. The van der Waals surface area contributed by atoms with Crippen LogP contribution >= 0.6 is 0 Å². The highest BCUT2D eigenvalue weighted by Crippen LogP contribution is 2.46. The van der Waals surface area contributed by atoms with Crippen LogP contribution in [-0.4, -0.2) is 27.3 Å². The Balaban J connectivity index is 1.29. The molecule has 5 nitrogen and oxygen atoms in total. The van der Waals surface area contributed by atoms with Gasteiger partial charge in [0.15, 0.2) is 14.1 Å². The molecular weight excluding hydrogens is 564 g/mol. The second kappa shape index (κ2) is 13.0. The summed E-state index contributed by atoms with van der Waals surface area (Å²) in [6, 6.07) is 21.1. The van der Waals surface area contributed by atoms with E-state index in [1.54, 1.807) is 12.1 Å². The number of furan rings is 1. The first kappa shape index (κ1) is 31.5. The van der Waals surface area contributed by atoms with Gasteiger partial charge in [-0.15, -0.1) is 0 Å². The Hall–Kier alpha value is -3.87. The first-order chi connectivity index (χ1) is 21.0. The Morgan fingerprint density at radius 2 is 1.64 bits per heavy atom. The number of carbonyl (C=O) groups excluding carboxylic acids is 1. The van der Waals surface area contributed by atoms with Crippen molar-refractivity contribution in [2.75, 3.05) is 13.2 Å². The first-order valence-corrected chi connectivity index (χ1v) is 18.5. The van der Waals surface area contributed by atoms with Crippen molar-refractivity contribution >= 4 is 30.6 Å². The number of fused-ring (bicyclic) bond motifs is 3. The van der Waals surface area contributed by atoms with Crippen molar-refractivity contribution in [3.63, 3.8) is 0 Å². The normalized spacial score (nSPS) is 13.4. The van der Waals surface area contributed by atoms with E-state index < -0.39 is 8.32 Å². The maximum absolute atomic E-state index is 14.0. The minimum Gasteiger partial charge on any atom is -0.494 e. The second-order valence-corrected chi connectivity index (χ2v) is 17.9. The van der Waals surface area contributed by atoms with Crippen LogP contribution in [0.3, 0.4) is 0 Å². The zero-order valence-corrected chi connectivity index (χ0v) is 27.9. The molecule has 0 amide bonds. The largest absolute Gasteiger partial charge is 0.494 e. The van der Waals surface area contributed by atoms with Crippen LogP contribution in [-0.2, 0) is 4.43 Å². The lowest BCUT2D eigenvalue weighted by Crippen LogP contribution is -2.40. The van der Waals surface area contributed by atoms with Crippen LogP contribution in [0.1, 0.15) is 75.1 Å². The molecule has 2 heterocycles. The number of rotatable bonds is 12. The Labute approximate surface area is 262 Å². The molecule has 1 aromatic heterocycles.